The van der Waals surface area contributed by atoms with Gasteiger partial charge in [-0.15, -0.1) is 0 Å². The zero-order valence-electron chi connectivity index (χ0n) is 9.18. The molecule has 86 valence electrons. The highest BCUT2D eigenvalue weighted by Gasteiger charge is 2.25. The number of nitrogens with two attached hydrogens (primary N) is 1. The van der Waals surface area contributed by atoms with Gasteiger partial charge in [-0.3, -0.25) is 4.79 Å². The largest absolute Gasteiger partial charge is 0.364 e. The Morgan fingerprint density at radius 1 is 1.56 bits per heavy atom. The summed E-state index contributed by atoms with van der Waals surface area (Å²) in [6.07, 6.45) is 4.09. The number of aromatic nitrogens is 2. The van der Waals surface area contributed by atoms with Crippen molar-refractivity contribution in [3.05, 3.63) is 18.1 Å². The Balaban J connectivity index is 2.24. The van der Waals surface area contributed by atoms with Gasteiger partial charge in [0.2, 0.25) is 0 Å². The molecule has 2 heterocycles. The summed E-state index contributed by atoms with van der Waals surface area (Å²) in [5.41, 5.74) is 5.51. The summed E-state index contributed by atoms with van der Waals surface area (Å²) >= 11 is 0. The van der Waals surface area contributed by atoms with Gasteiger partial charge in [-0.2, -0.15) is 0 Å². The molecular weight excluding hydrogens is 206 g/mol. The van der Waals surface area contributed by atoms with E-state index in [2.05, 4.69) is 15.3 Å². The Kier molecular flexibility index (Phi) is 3.00. The Labute approximate surface area is 93.9 Å². The van der Waals surface area contributed by atoms with Gasteiger partial charge in [0, 0.05) is 31.5 Å². The van der Waals surface area contributed by atoms with Crippen molar-refractivity contribution in [3.8, 4) is 0 Å². The van der Waals surface area contributed by atoms with Crippen molar-refractivity contribution in [2.45, 2.75) is 12.5 Å². The molecular formula is C10H15N5O. The van der Waals surface area contributed by atoms with Crippen LogP contribution in [-0.2, 0) is 0 Å². The third-order valence-electron chi connectivity index (χ3n) is 2.81. The molecule has 0 saturated carbocycles. The first-order chi connectivity index (χ1) is 7.72. The smallest absolute Gasteiger partial charge is 0.271 e. The van der Waals surface area contributed by atoms with Crippen LogP contribution in [0.2, 0.25) is 0 Å². The number of primary amides is 1. The molecule has 1 unspecified atom stereocenters. The molecule has 1 aromatic rings. The lowest BCUT2D eigenvalue weighted by Gasteiger charge is -2.18. The molecule has 1 fully saturated rings. The minimum Gasteiger partial charge on any atom is -0.364 e. The minimum absolute atomic E-state index is 0.249. The van der Waals surface area contributed by atoms with Crippen LogP contribution in [0.15, 0.2) is 12.4 Å². The van der Waals surface area contributed by atoms with E-state index in [1.165, 1.54) is 6.20 Å². The molecule has 1 aliphatic rings. The summed E-state index contributed by atoms with van der Waals surface area (Å²) in [5, 5.41) is 3.21. The number of hydrogen-bond acceptors (Lipinski definition) is 5. The van der Waals surface area contributed by atoms with E-state index in [0.717, 1.165) is 19.5 Å². The SMILES string of the molecule is CNC1CCN(c2nccnc2C(N)=O)C1. The predicted octanol–water partition coefficient (Wildman–Crippen LogP) is -0.626. The van der Waals surface area contributed by atoms with Crippen LogP contribution in [0.5, 0.6) is 0 Å². The number of nitrogens with zero attached hydrogens (tertiary/aromatic N) is 3. The normalized spacial score (nSPS) is 20.1. The van der Waals surface area contributed by atoms with E-state index in [0.29, 0.717) is 11.9 Å². The molecule has 2 rings (SSSR count). The molecule has 3 N–H and O–H groups in total. The molecule has 0 aliphatic carbocycles. The quantitative estimate of drug-likeness (QED) is 0.710. The molecule has 0 radical (unpaired) electrons. The van der Waals surface area contributed by atoms with Crippen LogP contribution in [0.3, 0.4) is 0 Å². The molecule has 0 bridgehead atoms. The van der Waals surface area contributed by atoms with Gasteiger partial charge in [-0.05, 0) is 13.5 Å². The highest BCUT2D eigenvalue weighted by molar-refractivity contribution is 5.95. The first kappa shape index (κ1) is 10.8. The third-order valence-corrected chi connectivity index (χ3v) is 2.81. The number of carbonyl (C=O) groups is 1. The molecule has 1 atom stereocenters. The van der Waals surface area contributed by atoms with Crippen molar-refractivity contribution in [1.29, 1.82) is 0 Å². The monoisotopic (exact) mass is 221 g/mol. The maximum Gasteiger partial charge on any atom is 0.271 e. The Hall–Kier alpha value is -1.69. The molecule has 1 amide bonds. The highest BCUT2D eigenvalue weighted by Crippen LogP contribution is 2.20. The lowest BCUT2D eigenvalue weighted by atomic mass is 10.3. The number of likely N-dealkylation sites (N-methyl/N-ethyl adjacent to an activating group) is 1. The number of rotatable bonds is 3. The Morgan fingerprint density at radius 3 is 2.94 bits per heavy atom. The van der Waals surface area contributed by atoms with Crippen LogP contribution in [0, 0.1) is 0 Å². The van der Waals surface area contributed by atoms with E-state index in [1.807, 2.05) is 11.9 Å². The van der Waals surface area contributed by atoms with Gasteiger partial charge in [0.1, 0.15) is 0 Å². The van der Waals surface area contributed by atoms with Gasteiger partial charge in [-0.25, -0.2) is 9.97 Å². The maximum atomic E-state index is 11.2. The molecule has 0 aromatic carbocycles. The summed E-state index contributed by atoms with van der Waals surface area (Å²) in [7, 11) is 1.93. The van der Waals surface area contributed by atoms with E-state index < -0.39 is 5.91 Å². The standard InChI is InChI=1S/C10H15N5O/c1-12-7-2-5-15(6-7)10-8(9(11)16)13-3-4-14-10/h3-4,7,12H,2,5-6H2,1H3,(H2,11,16). The topological polar surface area (TPSA) is 84.1 Å². The third kappa shape index (κ3) is 1.96. The van der Waals surface area contributed by atoms with Gasteiger partial charge in [0.05, 0.1) is 0 Å². The number of anilines is 1. The van der Waals surface area contributed by atoms with Crippen molar-refractivity contribution in [2.75, 3.05) is 25.0 Å². The summed E-state index contributed by atoms with van der Waals surface area (Å²) in [4.78, 5) is 21.4. The number of hydrogen-bond donors (Lipinski definition) is 2. The number of nitrogens with one attached hydrogen (secondary N) is 1. The van der Waals surface area contributed by atoms with E-state index >= 15 is 0 Å². The average molecular weight is 221 g/mol. The Morgan fingerprint density at radius 2 is 2.31 bits per heavy atom. The molecule has 1 aliphatic heterocycles. The van der Waals surface area contributed by atoms with Crippen molar-refractivity contribution in [3.63, 3.8) is 0 Å². The second-order valence-electron chi connectivity index (χ2n) is 3.81. The van der Waals surface area contributed by atoms with Crippen LogP contribution in [0.1, 0.15) is 16.9 Å². The minimum atomic E-state index is -0.531. The lowest BCUT2D eigenvalue weighted by Crippen LogP contribution is -2.31. The van der Waals surface area contributed by atoms with E-state index in [1.54, 1.807) is 6.20 Å². The lowest BCUT2D eigenvalue weighted by molar-refractivity contribution is 0.0996. The summed E-state index contributed by atoms with van der Waals surface area (Å²) in [6, 6.07) is 0.433. The van der Waals surface area contributed by atoms with Crippen LogP contribution in [0.25, 0.3) is 0 Å². The van der Waals surface area contributed by atoms with Crippen molar-refractivity contribution in [1.82, 2.24) is 15.3 Å². The van der Waals surface area contributed by atoms with Crippen LogP contribution in [-0.4, -0.2) is 42.1 Å². The summed E-state index contributed by atoms with van der Waals surface area (Å²) < 4.78 is 0. The zero-order valence-corrected chi connectivity index (χ0v) is 9.18. The fourth-order valence-electron chi connectivity index (χ4n) is 1.92. The van der Waals surface area contributed by atoms with Crippen LogP contribution in [0.4, 0.5) is 5.82 Å². The molecule has 6 heteroatoms. The number of carbonyl (C=O) groups excluding carboxylic acids is 1. The van der Waals surface area contributed by atoms with Crippen molar-refractivity contribution >= 4 is 11.7 Å². The van der Waals surface area contributed by atoms with Gasteiger partial charge in [-0.1, -0.05) is 0 Å². The molecule has 0 spiro atoms. The van der Waals surface area contributed by atoms with Gasteiger partial charge < -0.3 is 16.0 Å². The average Bonchev–Trinajstić information content (AvgIpc) is 2.77. The van der Waals surface area contributed by atoms with Crippen LogP contribution < -0.4 is 16.0 Å². The molecule has 6 nitrogen and oxygen atoms in total. The van der Waals surface area contributed by atoms with Gasteiger partial charge >= 0.3 is 0 Å². The van der Waals surface area contributed by atoms with E-state index in [9.17, 15) is 4.79 Å². The first-order valence-corrected chi connectivity index (χ1v) is 5.25. The fraction of sp³-hybridized carbons (Fsp3) is 0.500. The summed E-state index contributed by atoms with van der Waals surface area (Å²) in [6.45, 7) is 1.69. The predicted molar refractivity (Wildman–Crippen MR) is 60.2 cm³/mol. The highest BCUT2D eigenvalue weighted by atomic mass is 16.1. The van der Waals surface area contributed by atoms with Gasteiger partial charge in [0.25, 0.3) is 5.91 Å². The number of amides is 1. The Bertz CT molecular complexity index is 395. The fourth-order valence-corrected chi connectivity index (χ4v) is 1.92. The first-order valence-electron chi connectivity index (χ1n) is 5.25. The second-order valence-corrected chi connectivity index (χ2v) is 3.81. The second kappa shape index (κ2) is 4.44. The van der Waals surface area contributed by atoms with Crippen molar-refractivity contribution in [2.24, 2.45) is 5.73 Å². The molecule has 16 heavy (non-hydrogen) atoms. The molecule has 1 saturated heterocycles. The van der Waals surface area contributed by atoms with E-state index in [4.69, 9.17) is 5.73 Å². The zero-order chi connectivity index (χ0) is 11.5. The van der Waals surface area contributed by atoms with Gasteiger partial charge in [0.15, 0.2) is 11.5 Å². The van der Waals surface area contributed by atoms with Crippen LogP contribution >= 0.6 is 0 Å². The maximum absolute atomic E-state index is 11.2. The molecule has 1 aromatic heterocycles. The summed E-state index contributed by atoms with van der Waals surface area (Å²) in [5.74, 6) is 0.0590. The van der Waals surface area contributed by atoms with E-state index in [-0.39, 0.29) is 5.69 Å². The van der Waals surface area contributed by atoms with Crippen molar-refractivity contribution < 1.29 is 4.79 Å².